The van der Waals surface area contributed by atoms with Crippen molar-refractivity contribution in [3.05, 3.63) is 0 Å². The average Bonchev–Trinajstić information content (AvgIpc) is 1.94. The van der Waals surface area contributed by atoms with Crippen molar-refractivity contribution >= 4 is 34.8 Å². The number of rotatable bonds is 4. The van der Waals surface area contributed by atoms with Gasteiger partial charge < -0.3 is 9.69 Å². The lowest BCUT2D eigenvalue weighted by molar-refractivity contribution is -0.139. The molecule has 0 saturated carbocycles. The van der Waals surface area contributed by atoms with Gasteiger partial charge in [-0.05, 0) is 34.6 Å². The fourth-order valence-electron chi connectivity index (χ4n) is 1.76. The Morgan fingerprint density at radius 3 is 2.00 bits per heavy atom. The molecule has 0 bridgehead atoms. The highest BCUT2D eigenvalue weighted by Crippen LogP contribution is 2.31. The maximum absolute atomic E-state index is 12.0. The molecule has 0 spiro atoms. The van der Waals surface area contributed by atoms with Crippen LogP contribution in [0.15, 0.2) is 0 Å². The van der Waals surface area contributed by atoms with Crippen molar-refractivity contribution < 1.29 is 9.59 Å². The topological polar surface area (TPSA) is 37.4 Å². The Morgan fingerprint density at radius 1 is 1.27 bits per heavy atom. The molecule has 0 aromatic rings. The molecule has 0 heterocycles. The number of carbonyl (C=O) groups excluding carboxylic acids is 2. The number of alkyl halides is 1. The van der Waals surface area contributed by atoms with E-state index < -0.39 is 0 Å². The summed E-state index contributed by atoms with van der Waals surface area (Å²) in [5, 5.41) is 0. The molecule has 15 heavy (non-hydrogen) atoms. The zero-order chi connectivity index (χ0) is 12.3. The van der Waals surface area contributed by atoms with E-state index in [0.29, 0.717) is 12.8 Å². The molecule has 0 aliphatic rings. The Bertz CT molecular complexity index is 224. The monoisotopic (exact) mass is 325 g/mol. The second-order valence-corrected chi connectivity index (χ2v) is 7.65. The smallest absolute Gasteiger partial charge is 0.224 e. The quantitative estimate of drug-likeness (QED) is 0.345. The maximum atomic E-state index is 12.0. The third kappa shape index (κ3) is 4.95. The molecular weight excluding hydrogens is 305 g/mol. The van der Waals surface area contributed by atoms with Crippen LogP contribution in [0.1, 0.15) is 47.5 Å². The summed E-state index contributed by atoms with van der Waals surface area (Å²) < 4.78 is -0.240. The van der Waals surface area contributed by atoms with E-state index >= 15 is 0 Å². The molecule has 0 saturated heterocycles. The van der Waals surface area contributed by atoms with Crippen molar-refractivity contribution in [2.75, 3.05) is 0 Å². The summed E-state index contributed by atoms with van der Waals surface area (Å²) in [6, 6.07) is 0. The van der Waals surface area contributed by atoms with Crippen LogP contribution in [0.4, 0.5) is 0 Å². The third-order valence-electron chi connectivity index (χ3n) is 1.93. The van der Waals surface area contributed by atoms with Crippen LogP contribution in [0.25, 0.3) is 0 Å². The van der Waals surface area contributed by atoms with E-state index in [0.717, 1.165) is 6.29 Å². The summed E-state index contributed by atoms with van der Waals surface area (Å²) in [5.41, 5.74) is -0.218. The first-order valence-electron chi connectivity index (χ1n) is 5.06. The molecule has 0 N–H and O–H groups in total. The summed E-state index contributed by atoms with van der Waals surface area (Å²) in [5.74, 6) is 0.0361. The Kier molecular flexibility index (Phi) is 5.23. The van der Waals surface area contributed by atoms with E-state index in [-0.39, 0.29) is 15.0 Å². The minimum Gasteiger partial charge on any atom is -0.324 e. The predicted molar refractivity (Wildman–Crippen MR) is 70.0 cm³/mol. The third-order valence-corrected chi connectivity index (χ3v) is 2.41. The molecule has 0 fully saturated rings. The standard InChI is InChI=1S/C11H20INO2/c1-10(2,3)13(11(4,5)12)9(15)7-6-8-14/h8H,6-7H2,1-5H3. The van der Waals surface area contributed by atoms with E-state index in [9.17, 15) is 9.59 Å². The van der Waals surface area contributed by atoms with Gasteiger partial charge in [0.2, 0.25) is 5.91 Å². The highest BCUT2D eigenvalue weighted by molar-refractivity contribution is 14.1. The predicted octanol–water partition coefficient (Wildman–Crippen LogP) is 2.76. The Hall–Kier alpha value is -0.130. The molecule has 0 atom stereocenters. The second-order valence-electron chi connectivity index (χ2n) is 5.02. The summed E-state index contributed by atoms with van der Waals surface area (Å²) in [6.45, 7) is 10.0. The number of hydrogen-bond acceptors (Lipinski definition) is 2. The molecule has 0 unspecified atom stereocenters. The van der Waals surface area contributed by atoms with Crippen LogP contribution >= 0.6 is 22.6 Å². The van der Waals surface area contributed by atoms with Gasteiger partial charge in [0.15, 0.2) is 0 Å². The minimum atomic E-state index is -0.240. The van der Waals surface area contributed by atoms with Crippen molar-refractivity contribution in [2.45, 2.75) is 56.5 Å². The fraction of sp³-hybridized carbons (Fsp3) is 0.818. The van der Waals surface area contributed by atoms with E-state index in [2.05, 4.69) is 22.6 Å². The number of hydrogen-bond donors (Lipinski definition) is 0. The molecular formula is C11H20INO2. The van der Waals surface area contributed by atoms with Crippen LogP contribution in [-0.2, 0) is 9.59 Å². The molecule has 0 aromatic heterocycles. The van der Waals surface area contributed by atoms with Crippen molar-refractivity contribution in [3.8, 4) is 0 Å². The van der Waals surface area contributed by atoms with Crippen molar-refractivity contribution in [1.82, 2.24) is 4.90 Å². The molecule has 4 heteroatoms. The van der Waals surface area contributed by atoms with Crippen LogP contribution < -0.4 is 0 Å². The van der Waals surface area contributed by atoms with E-state index in [1.54, 1.807) is 0 Å². The first-order chi connectivity index (χ1) is 6.60. The van der Waals surface area contributed by atoms with Gasteiger partial charge in [0.1, 0.15) is 6.29 Å². The number of aldehydes is 1. The highest BCUT2D eigenvalue weighted by Gasteiger charge is 2.36. The zero-order valence-electron chi connectivity index (χ0n) is 10.1. The summed E-state index contributed by atoms with van der Waals surface area (Å²) in [7, 11) is 0. The van der Waals surface area contributed by atoms with Gasteiger partial charge in [-0.2, -0.15) is 0 Å². The molecule has 3 nitrogen and oxygen atoms in total. The van der Waals surface area contributed by atoms with Crippen LogP contribution in [0.3, 0.4) is 0 Å². The van der Waals surface area contributed by atoms with Gasteiger partial charge in [0.25, 0.3) is 0 Å². The molecule has 0 aliphatic carbocycles. The van der Waals surface area contributed by atoms with Gasteiger partial charge in [-0.1, -0.05) is 22.6 Å². The fourth-order valence-corrected chi connectivity index (χ4v) is 2.76. The lowest BCUT2D eigenvalue weighted by Crippen LogP contribution is -2.54. The van der Waals surface area contributed by atoms with Gasteiger partial charge in [-0.15, -0.1) is 0 Å². The van der Waals surface area contributed by atoms with E-state index in [4.69, 9.17) is 0 Å². The molecule has 0 aliphatic heterocycles. The highest BCUT2D eigenvalue weighted by atomic mass is 127. The van der Waals surface area contributed by atoms with Crippen molar-refractivity contribution in [1.29, 1.82) is 0 Å². The SMILES string of the molecule is CC(C)(C)N(C(=O)CCC=O)C(C)(C)I. The Balaban J connectivity index is 4.81. The molecule has 88 valence electrons. The van der Waals surface area contributed by atoms with E-state index in [1.807, 2.05) is 39.5 Å². The lowest BCUT2D eigenvalue weighted by atomic mass is 10.0. The van der Waals surface area contributed by atoms with Crippen LogP contribution in [-0.4, -0.2) is 26.2 Å². The van der Waals surface area contributed by atoms with E-state index in [1.165, 1.54) is 0 Å². The molecule has 0 aromatic carbocycles. The van der Waals surface area contributed by atoms with Crippen LogP contribution in [0, 0.1) is 0 Å². The first kappa shape index (κ1) is 14.9. The van der Waals surface area contributed by atoms with Gasteiger partial charge in [-0.3, -0.25) is 4.79 Å². The van der Waals surface area contributed by atoms with Crippen LogP contribution in [0.5, 0.6) is 0 Å². The summed E-state index contributed by atoms with van der Waals surface area (Å²) in [6.07, 6.45) is 1.39. The molecule has 0 rings (SSSR count). The number of carbonyl (C=O) groups is 2. The molecule has 0 radical (unpaired) electrons. The van der Waals surface area contributed by atoms with Crippen molar-refractivity contribution in [2.24, 2.45) is 0 Å². The summed E-state index contributed by atoms with van der Waals surface area (Å²) >= 11 is 2.25. The Morgan fingerprint density at radius 2 is 1.73 bits per heavy atom. The van der Waals surface area contributed by atoms with Crippen LogP contribution in [0.2, 0.25) is 0 Å². The lowest BCUT2D eigenvalue weighted by Gasteiger charge is -2.44. The minimum absolute atomic E-state index is 0.0361. The second kappa shape index (κ2) is 5.27. The largest absolute Gasteiger partial charge is 0.324 e. The molecule has 1 amide bonds. The van der Waals surface area contributed by atoms with Gasteiger partial charge >= 0.3 is 0 Å². The Labute approximate surface area is 106 Å². The number of halogens is 1. The average molecular weight is 325 g/mol. The van der Waals surface area contributed by atoms with Gasteiger partial charge in [0, 0.05) is 18.4 Å². The number of nitrogens with zero attached hydrogens (tertiary/aromatic N) is 1. The normalized spacial score (nSPS) is 12.4. The van der Waals surface area contributed by atoms with Gasteiger partial charge in [0.05, 0.1) is 3.55 Å². The maximum Gasteiger partial charge on any atom is 0.224 e. The summed E-state index contributed by atoms with van der Waals surface area (Å²) in [4.78, 5) is 24.1. The van der Waals surface area contributed by atoms with Gasteiger partial charge in [-0.25, -0.2) is 0 Å². The zero-order valence-corrected chi connectivity index (χ0v) is 12.3. The van der Waals surface area contributed by atoms with Crippen molar-refractivity contribution in [3.63, 3.8) is 0 Å². The first-order valence-corrected chi connectivity index (χ1v) is 6.14. The number of amides is 1.